The molecule has 0 bridgehead atoms. The maximum atomic E-state index is 12.8. The van der Waals surface area contributed by atoms with Gasteiger partial charge in [-0.05, 0) is 40.5 Å². The van der Waals surface area contributed by atoms with Crippen molar-refractivity contribution in [1.29, 1.82) is 0 Å². The second-order valence-corrected chi connectivity index (χ2v) is 6.87. The zero-order valence-electron chi connectivity index (χ0n) is 13.2. The molecule has 0 spiro atoms. The van der Waals surface area contributed by atoms with Crippen LogP contribution in [-0.2, 0) is 6.61 Å². The molecule has 0 radical (unpaired) electrons. The van der Waals surface area contributed by atoms with Gasteiger partial charge >= 0.3 is 0 Å². The van der Waals surface area contributed by atoms with E-state index in [1.807, 2.05) is 30.3 Å². The average molecular weight is 440 g/mol. The third kappa shape index (κ3) is 3.73. The van der Waals surface area contributed by atoms with E-state index < -0.39 is 0 Å². The first-order valence-corrected chi connectivity index (χ1v) is 8.94. The molecule has 0 atom stereocenters. The average Bonchev–Trinajstić information content (AvgIpc) is 2.60. The molecule has 7 heteroatoms. The molecule has 0 aliphatic rings. The van der Waals surface area contributed by atoms with Crippen molar-refractivity contribution in [3.05, 3.63) is 84.8 Å². The fraction of sp³-hybridized carbons (Fsp3) is 0.111. The molecule has 0 saturated carbocycles. The molecule has 25 heavy (non-hydrogen) atoms. The van der Waals surface area contributed by atoms with E-state index in [4.69, 9.17) is 27.9 Å². The summed E-state index contributed by atoms with van der Waals surface area (Å²) >= 11 is 15.7. The van der Waals surface area contributed by atoms with Gasteiger partial charge in [-0.3, -0.25) is 9.36 Å². The lowest BCUT2D eigenvalue weighted by atomic mass is 10.2. The highest BCUT2D eigenvalue weighted by atomic mass is 79.9. The van der Waals surface area contributed by atoms with E-state index >= 15 is 0 Å². The lowest BCUT2D eigenvalue weighted by Gasteiger charge is -2.15. The van der Waals surface area contributed by atoms with Crippen molar-refractivity contribution in [3.8, 4) is 11.6 Å². The third-order valence-electron chi connectivity index (χ3n) is 3.55. The van der Waals surface area contributed by atoms with Gasteiger partial charge in [0.25, 0.3) is 5.56 Å². The first-order chi connectivity index (χ1) is 12.0. The molecule has 0 saturated heterocycles. The zero-order valence-corrected chi connectivity index (χ0v) is 16.3. The van der Waals surface area contributed by atoms with Crippen LogP contribution in [0.2, 0.25) is 10.0 Å². The van der Waals surface area contributed by atoms with E-state index in [2.05, 4.69) is 20.9 Å². The van der Waals surface area contributed by atoms with Crippen LogP contribution in [0.3, 0.4) is 0 Å². The van der Waals surface area contributed by atoms with Crippen molar-refractivity contribution >= 4 is 39.1 Å². The van der Waals surface area contributed by atoms with Gasteiger partial charge in [0.15, 0.2) is 0 Å². The van der Waals surface area contributed by atoms with Gasteiger partial charge in [-0.15, -0.1) is 0 Å². The van der Waals surface area contributed by atoms with E-state index in [1.165, 1.54) is 4.57 Å². The fourth-order valence-electron chi connectivity index (χ4n) is 2.37. The number of para-hydroxylation sites is 1. The maximum absolute atomic E-state index is 12.8. The molecule has 0 amide bonds. The summed E-state index contributed by atoms with van der Waals surface area (Å²) in [4.78, 5) is 17.2. The molecule has 1 aromatic heterocycles. The number of halogens is 3. The fourth-order valence-corrected chi connectivity index (χ4v) is 3.32. The molecule has 1 heterocycles. The summed E-state index contributed by atoms with van der Waals surface area (Å²) in [6, 6.07) is 14.7. The summed E-state index contributed by atoms with van der Waals surface area (Å²) in [5, 5.41) is 0.730. The highest BCUT2D eigenvalue weighted by Crippen LogP contribution is 2.29. The molecular formula is C18H13BrCl2N2O2. The smallest absolute Gasteiger partial charge is 0.276 e. The topological polar surface area (TPSA) is 44.1 Å². The van der Waals surface area contributed by atoms with Gasteiger partial charge < -0.3 is 4.74 Å². The SMILES string of the molecule is Cc1nc(OCc2ccccc2)c(Br)c(=O)n1-c1c(Cl)cccc1Cl. The van der Waals surface area contributed by atoms with Crippen molar-refractivity contribution in [1.82, 2.24) is 9.55 Å². The second kappa shape index (κ2) is 7.60. The Bertz CT molecular complexity index is 955. The number of hydrogen-bond acceptors (Lipinski definition) is 3. The minimum atomic E-state index is -0.342. The Morgan fingerprint density at radius 1 is 1.08 bits per heavy atom. The number of rotatable bonds is 4. The first kappa shape index (κ1) is 18.0. The minimum Gasteiger partial charge on any atom is -0.472 e. The standard InChI is InChI=1S/C18H13BrCl2N2O2/c1-11-22-17(25-10-12-6-3-2-4-7-12)15(19)18(24)23(11)16-13(20)8-5-9-14(16)21/h2-9H,10H2,1H3. The lowest BCUT2D eigenvalue weighted by molar-refractivity contribution is 0.289. The van der Waals surface area contributed by atoms with Crippen molar-refractivity contribution in [3.63, 3.8) is 0 Å². The van der Waals surface area contributed by atoms with Gasteiger partial charge in [0.2, 0.25) is 5.88 Å². The molecule has 0 fully saturated rings. The predicted molar refractivity (Wildman–Crippen MR) is 103 cm³/mol. The number of aromatic nitrogens is 2. The molecule has 0 aliphatic heterocycles. The third-order valence-corrected chi connectivity index (χ3v) is 4.83. The molecule has 4 nitrogen and oxygen atoms in total. The summed E-state index contributed by atoms with van der Waals surface area (Å²) in [6.07, 6.45) is 0. The molecular weight excluding hydrogens is 427 g/mol. The molecule has 3 rings (SSSR count). The molecule has 3 aromatic rings. The summed E-state index contributed by atoms with van der Waals surface area (Å²) in [5.41, 5.74) is 1.04. The van der Waals surface area contributed by atoms with Crippen LogP contribution in [0.25, 0.3) is 5.69 Å². The monoisotopic (exact) mass is 438 g/mol. The summed E-state index contributed by atoms with van der Waals surface area (Å²) in [5.74, 6) is 0.650. The summed E-state index contributed by atoms with van der Waals surface area (Å²) < 4.78 is 7.28. The van der Waals surface area contributed by atoms with Crippen LogP contribution in [0.1, 0.15) is 11.4 Å². The Kier molecular flexibility index (Phi) is 5.47. The molecule has 0 unspecified atom stereocenters. The molecule has 2 aromatic carbocycles. The van der Waals surface area contributed by atoms with Crippen LogP contribution >= 0.6 is 39.1 Å². The van der Waals surface area contributed by atoms with Crippen molar-refractivity contribution in [2.45, 2.75) is 13.5 Å². The van der Waals surface area contributed by atoms with Crippen molar-refractivity contribution in [2.24, 2.45) is 0 Å². The molecule has 0 aliphatic carbocycles. The Morgan fingerprint density at radius 2 is 1.72 bits per heavy atom. The van der Waals surface area contributed by atoms with E-state index in [0.717, 1.165) is 5.56 Å². The number of ether oxygens (including phenoxy) is 1. The van der Waals surface area contributed by atoms with Gasteiger partial charge in [-0.25, -0.2) is 0 Å². The van der Waals surface area contributed by atoms with Crippen molar-refractivity contribution < 1.29 is 4.74 Å². The highest BCUT2D eigenvalue weighted by Gasteiger charge is 2.18. The van der Waals surface area contributed by atoms with Crippen LogP contribution < -0.4 is 10.3 Å². The first-order valence-electron chi connectivity index (χ1n) is 7.39. The van der Waals surface area contributed by atoms with Crippen molar-refractivity contribution in [2.75, 3.05) is 0 Å². The number of aryl methyl sites for hydroxylation is 1. The summed E-state index contributed by atoms with van der Waals surface area (Å²) in [6.45, 7) is 2.01. The molecule has 128 valence electrons. The quantitative estimate of drug-likeness (QED) is 0.561. The Labute approximate surface area is 163 Å². The second-order valence-electron chi connectivity index (χ2n) is 5.26. The van der Waals surface area contributed by atoms with Gasteiger partial charge in [0.1, 0.15) is 16.9 Å². The number of hydrogen-bond donors (Lipinski definition) is 0. The normalized spacial score (nSPS) is 10.7. The van der Waals surface area contributed by atoms with Crippen LogP contribution in [0.5, 0.6) is 5.88 Å². The van der Waals surface area contributed by atoms with Crippen LogP contribution in [0.15, 0.2) is 57.8 Å². The van der Waals surface area contributed by atoms with Crippen LogP contribution in [-0.4, -0.2) is 9.55 Å². The van der Waals surface area contributed by atoms with Crippen LogP contribution in [0, 0.1) is 6.92 Å². The van der Waals surface area contributed by atoms with Crippen LogP contribution in [0.4, 0.5) is 0 Å². The van der Waals surface area contributed by atoms with E-state index in [-0.39, 0.29) is 15.9 Å². The maximum Gasteiger partial charge on any atom is 0.276 e. The van der Waals surface area contributed by atoms with E-state index in [1.54, 1.807) is 25.1 Å². The number of benzene rings is 2. The molecule has 0 N–H and O–H groups in total. The highest BCUT2D eigenvalue weighted by molar-refractivity contribution is 9.10. The van der Waals surface area contributed by atoms with Gasteiger partial charge in [0.05, 0.1) is 15.7 Å². The van der Waals surface area contributed by atoms with Gasteiger partial charge in [-0.2, -0.15) is 4.98 Å². The Morgan fingerprint density at radius 3 is 2.36 bits per heavy atom. The Hall–Kier alpha value is -1.82. The summed E-state index contributed by atoms with van der Waals surface area (Å²) in [7, 11) is 0. The number of nitrogens with zero attached hydrogens (tertiary/aromatic N) is 2. The predicted octanol–water partition coefficient (Wildman–Crippen LogP) is 5.19. The minimum absolute atomic E-state index is 0.213. The van der Waals surface area contributed by atoms with Gasteiger partial charge in [0, 0.05) is 0 Å². The zero-order chi connectivity index (χ0) is 18.0. The van der Waals surface area contributed by atoms with Gasteiger partial charge in [-0.1, -0.05) is 59.6 Å². The van der Waals surface area contributed by atoms with E-state index in [0.29, 0.717) is 28.2 Å². The Balaban J connectivity index is 2.02. The lowest BCUT2D eigenvalue weighted by Crippen LogP contribution is -2.24. The largest absolute Gasteiger partial charge is 0.472 e. The van der Waals surface area contributed by atoms with E-state index in [9.17, 15) is 4.79 Å².